The number of nitrogens with zero attached hydrogens (tertiary/aromatic N) is 2. The molecule has 1 amide bonds. The summed E-state index contributed by atoms with van der Waals surface area (Å²) in [5.74, 6) is -0.0308. The average molecular weight is 360 g/mol. The van der Waals surface area contributed by atoms with E-state index >= 15 is 0 Å². The first kappa shape index (κ1) is 17.7. The number of hydrogen-bond acceptors (Lipinski definition) is 4. The van der Waals surface area contributed by atoms with Gasteiger partial charge in [0.25, 0.3) is 0 Å². The summed E-state index contributed by atoms with van der Waals surface area (Å²) < 4.78 is 0. The Kier molecular flexibility index (Phi) is 4.95. The van der Waals surface area contributed by atoms with Crippen molar-refractivity contribution in [2.75, 3.05) is 18.0 Å². The molecule has 0 aliphatic carbocycles. The zero-order valence-corrected chi connectivity index (χ0v) is 15.4. The van der Waals surface area contributed by atoms with E-state index in [0.29, 0.717) is 17.1 Å². The number of anilines is 1. The number of fused-ring (bicyclic) bond motifs is 1. The van der Waals surface area contributed by atoms with Crippen LogP contribution in [0.25, 0.3) is 10.9 Å². The molecule has 1 aliphatic heterocycles. The number of halogens is 1. The lowest BCUT2D eigenvalue weighted by Crippen LogP contribution is -2.39. The highest BCUT2D eigenvalue weighted by molar-refractivity contribution is 6.36. The lowest BCUT2D eigenvalue weighted by atomic mass is 10.0. The topological polar surface area (TPSA) is 62.3 Å². The first-order valence-corrected chi connectivity index (χ1v) is 8.89. The van der Waals surface area contributed by atoms with Crippen LogP contribution in [0.15, 0.2) is 24.4 Å². The average Bonchev–Trinajstić information content (AvgIpc) is 3.02. The van der Waals surface area contributed by atoms with E-state index in [4.69, 9.17) is 11.6 Å². The molecule has 0 saturated carbocycles. The van der Waals surface area contributed by atoms with Gasteiger partial charge in [0.1, 0.15) is 0 Å². The Morgan fingerprint density at radius 3 is 2.84 bits per heavy atom. The number of carbonyl (C=O) groups is 2. The van der Waals surface area contributed by atoms with E-state index in [1.165, 1.54) is 6.92 Å². The van der Waals surface area contributed by atoms with Crippen LogP contribution in [-0.2, 0) is 4.79 Å². The molecule has 1 fully saturated rings. The van der Waals surface area contributed by atoms with Crippen LogP contribution in [0.3, 0.4) is 0 Å². The molecule has 0 bridgehead atoms. The Labute approximate surface area is 152 Å². The van der Waals surface area contributed by atoms with Gasteiger partial charge >= 0.3 is 0 Å². The molecule has 1 saturated heterocycles. The van der Waals surface area contributed by atoms with Gasteiger partial charge in [-0.1, -0.05) is 25.4 Å². The standard InChI is InChI=1S/C19H22ClN3O2/c1-11(2)19(25)22-13-6-8-23(10-13)18-15(12(3)24)9-16(20)14-5-4-7-21-17(14)18/h4-5,7,9,11,13H,6,8,10H2,1-3H3,(H,22,25)/t13-/m0/s1. The predicted molar refractivity (Wildman–Crippen MR) is 100 cm³/mol. The molecular formula is C19H22ClN3O2. The van der Waals surface area contributed by atoms with Crippen LogP contribution in [0.4, 0.5) is 5.69 Å². The molecule has 1 atom stereocenters. The Balaban J connectivity index is 1.98. The molecule has 0 radical (unpaired) electrons. The van der Waals surface area contributed by atoms with Gasteiger partial charge in [0.15, 0.2) is 5.78 Å². The van der Waals surface area contributed by atoms with Gasteiger partial charge in [-0.05, 0) is 31.5 Å². The van der Waals surface area contributed by atoms with E-state index in [-0.39, 0.29) is 23.7 Å². The molecule has 2 heterocycles. The Morgan fingerprint density at radius 2 is 2.16 bits per heavy atom. The first-order valence-electron chi connectivity index (χ1n) is 8.52. The maximum absolute atomic E-state index is 12.2. The number of benzene rings is 1. The summed E-state index contributed by atoms with van der Waals surface area (Å²) in [5.41, 5.74) is 2.12. The largest absolute Gasteiger partial charge is 0.367 e. The number of carbonyl (C=O) groups excluding carboxylic acids is 2. The van der Waals surface area contributed by atoms with Crippen molar-refractivity contribution in [1.82, 2.24) is 10.3 Å². The number of aromatic nitrogens is 1. The smallest absolute Gasteiger partial charge is 0.222 e. The van der Waals surface area contributed by atoms with Crippen molar-refractivity contribution in [3.8, 4) is 0 Å². The van der Waals surface area contributed by atoms with Crippen LogP contribution >= 0.6 is 11.6 Å². The maximum Gasteiger partial charge on any atom is 0.222 e. The molecule has 1 aromatic heterocycles. The van der Waals surface area contributed by atoms with Crippen LogP contribution in [-0.4, -0.2) is 35.8 Å². The minimum Gasteiger partial charge on any atom is -0.367 e. The monoisotopic (exact) mass is 359 g/mol. The Hall–Kier alpha value is -2.14. The summed E-state index contributed by atoms with van der Waals surface area (Å²) in [5, 5.41) is 4.44. The third-order valence-corrected chi connectivity index (χ3v) is 4.88. The molecule has 3 rings (SSSR count). The van der Waals surface area contributed by atoms with Crippen LogP contribution in [0.5, 0.6) is 0 Å². The molecule has 1 aliphatic rings. The highest BCUT2D eigenvalue weighted by Gasteiger charge is 2.29. The van der Waals surface area contributed by atoms with Gasteiger partial charge in [-0.15, -0.1) is 0 Å². The maximum atomic E-state index is 12.2. The molecule has 132 valence electrons. The van der Waals surface area contributed by atoms with Gasteiger partial charge in [-0.2, -0.15) is 0 Å². The molecule has 6 heteroatoms. The van der Waals surface area contributed by atoms with Gasteiger partial charge < -0.3 is 10.2 Å². The molecular weight excluding hydrogens is 338 g/mol. The fourth-order valence-corrected chi connectivity index (χ4v) is 3.49. The van der Waals surface area contributed by atoms with E-state index in [1.54, 1.807) is 12.3 Å². The lowest BCUT2D eigenvalue weighted by molar-refractivity contribution is -0.124. The summed E-state index contributed by atoms with van der Waals surface area (Å²) >= 11 is 6.35. The second-order valence-electron chi connectivity index (χ2n) is 6.81. The van der Waals surface area contributed by atoms with Crippen molar-refractivity contribution in [3.05, 3.63) is 35.0 Å². The molecule has 1 N–H and O–H groups in total. The predicted octanol–water partition coefficient (Wildman–Crippen LogP) is 3.44. The number of pyridine rings is 1. The summed E-state index contributed by atoms with van der Waals surface area (Å²) in [4.78, 5) is 30.8. The van der Waals surface area contributed by atoms with E-state index in [0.717, 1.165) is 29.6 Å². The van der Waals surface area contributed by atoms with Crippen molar-refractivity contribution in [1.29, 1.82) is 0 Å². The Bertz CT molecular complexity index is 835. The summed E-state index contributed by atoms with van der Waals surface area (Å²) in [6.07, 6.45) is 2.55. The summed E-state index contributed by atoms with van der Waals surface area (Å²) in [7, 11) is 0. The normalized spacial score (nSPS) is 17.3. The highest BCUT2D eigenvalue weighted by Crippen LogP contribution is 2.36. The number of ketones is 1. The van der Waals surface area contributed by atoms with Crippen LogP contribution in [0.1, 0.15) is 37.6 Å². The van der Waals surface area contributed by atoms with Crippen molar-refractivity contribution in [2.45, 2.75) is 33.2 Å². The quantitative estimate of drug-likeness (QED) is 0.849. The van der Waals surface area contributed by atoms with Crippen LogP contribution in [0.2, 0.25) is 5.02 Å². The van der Waals surface area contributed by atoms with Gasteiger partial charge in [-0.3, -0.25) is 14.6 Å². The second-order valence-corrected chi connectivity index (χ2v) is 7.21. The van der Waals surface area contributed by atoms with Crippen molar-refractivity contribution in [3.63, 3.8) is 0 Å². The van der Waals surface area contributed by atoms with E-state index in [2.05, 4.69) is 15.2 Å². The van der Waals surface area contributed by atoms with Crippen molar-refractivity contribution in [2.24, 2.45) is 5.92 Å². The number of amides is 1. The lowest BCUT2D eigenvalue weighted by Gasteiger charge is -2.23. The molecule has 5 nitrogen and oxygen atoms in total. The fraction of sp³-hybridized carbons (Fsp3) is 0.421. The van der Waals surface area contributed by atoms with E-state index in [1.807, 2.05) is 26.0 Å². The van der Waals surface area contributed by atoms with E-state index < -0.39 is 0 Å². The van der Waals surface area contributed by atoms with Crippen LogP contribution < -0.4 is 10.2 Å². The number of nitrogens with one attached hydrogen (secondary N) is 1. The molecule has 0 spiro atoms. The third kappa shape index (κ3) is 3.47. The molecule has 0 unspecified atom stereocenters. The number of Topliss-reactive ketones (excluding diaryl/α,β-unsaturated/α-hetero) is 1. The zero-order chi connectivity index (χ0) is 18.1. The number of rotatable bonds is 4. The van der Waals surface area contributed by atoms with Gasteiger partial charge in [0, 0.05) is 42.2 Å². The SMILES string of the molecule is CC(=O)c1cc(Cl)c2cccnc2c1N1CC[C@H](NC(=O)C(C)C)C1. The van der Waals surface area contributed by atoms with Crippen molar-refractivity contribution >= 4 is 39.9 Å². The van der Waals surface area contributed by atoms with E-state index in [9.17, 15) is 9.59 Å². The summed E-state index contributed by atoms with van der Waals surface area (Å²) in [6, 6.07) is 5.54. The number of hydrogen-bond donors (Lipinski definition) is 1. The third-order valence-electron chi connectivity index (χ3n) is 4.57. The van der Waals surface area contributed by atoms with Gasteiger partial charge in [0.05, 0.1) is 16.2 Å². The molecule has 25 heavy (non-hydrogen) atoms. The van der Waals surface area contributed by atoms with Crippen molar-refractivity contribution < 1.29 is 9.59 Å². The molecule has 2 aromatic rings. The molecule has 1 aromatic carbocycles. The zero-order valence-electron chi connectivity index (χ0n) is 14.7. The van der Waals surface area contributed by atoms with Gasteiger partial charge in [0.2, 0.25) is 5.91 Å². The first-order chi connectivity index (χ1) is 11.9. The highest BCUT2D eigenvalue weighted by atomic mass is 35.5. The minimum absolute atomic E-state index is 0.0418. The Morgan fingerprint density at radius 1 is 1.40 bits per heavy atom. The fourth-order valence-electron chi connectivity index (χ4n) is 3.22. The van der Waals surface area contributed by atoms with Crippen LogP contribution in [0, 0.1) is 5.92 Å². The second kappa shape index (κ2) is 7.00. The summed E-state index contributed by atoms with van der Waals surface area (Å²) in [6.45, 7) is 6.72. The van der Waals surface area contributed by atoms with Gasteiger partial charge in [-0.25, -0.2) is 0 Å². The minimum atomic E-state index is -0.0425.